The van der Waals surface area contributed by atoms with E-state index in [-0.39, 0.29) is 11.4 Å². The Bertz CT molecular complexity index is 734. The fraction of sp³-hybridized carbons (Fsp3) is 0.444. The Morgan fingerprint density at radius 1 is 1.29 bits per heavy atom. The van der Waals surface area contributed by atoms with Gasteiger partial charge in [0.05, 0.1) is 12.8 Å². The number of nitrogens with one attached hydrogen (secondary N) is 1. The van der Waals surface area contributed by atoms with Gasteiger partial charge in [-0.1, -0.05) is 0 Å². The Hall–Kier alpha value is -2.34. The van der Waals surface area contributed by atoms with Gasteiger partial charge in [0.1, 0.15) is 5.75 Å². The summed E-state index contributed by atoms with van der Waals surface area (Å²) in [5, 5.41) is 7.94. The third kappa shape index (κ3) is 3.28. The molecule has 0 saturated carbocycles. The summed E-state index contributed by atoms with van der Waals surface area (Å²) in [6.07, 6.45) is 0. The van der Waals surface area contributed by atoms with Gasteiger partial charge in [0.15, 0.2) is 5.69 Å². The molecule has 2 heterocycles. The lowest BCUT2D eigenvalue weighted by atomic mass is 10.0. The summed E-state index contributed by atoms with van der Waals surface area (Å²) in [7, 11) is 1.64. The van der Waals surface area contributed by atoms with E-state index in [1.165, 1.54) is 0 Å². The van der Waals surface area contributed by atoms with Crippen LogP contribution in [-0.2, 0) is 0 Å². The molecule has 24 heavy (non-hydrogen) atoms. The first-order chi connectivity index (χ1) is 11.4. The van der Waals surface area contributed by atoms with Gasteiger partial charge in [-0.15, -0.1) is 0 Å². The van der Waals surface area contributed by atoms with E-state index >= 15 is 0 Å². The van der Waals surface area contributed by atoms with Crippen LogP contribution in [0.1, 0.15) is 30.0 Å². The van der Waals surface area contributed by atoms with Crippen molar-refractivity contribution in [2.45, 2.75) is 26.3 Å². The Kier molecular flexibility index (Phi) is 4.32. The van der Waals surface area contributed by atoms with Gasteiger partial charge in [0, 0.05) is 30.9 Å². The van der Waals surface area contributed by atoms with Crippen molar-refractivity contribution < 1.29 is 9.53 Å². The van der Waals surface area contributed by atoms with Crippen molar-refractivity contribution in [3.8, 4) is 11.4 Å². The third-order valence-corrected chi connectivity index (χ3v) is 4.28. The molecule has 3 rings (SSSR count). The summed E-state index contributed by atoms with van der Waals surface area (Å²) in [5.74, 6) is 0.780. The SMILES string of the molecule is COc1ccc(-n2nc(C(=O)N3CCNC(C)(C)C3)cc2C)cc1. The number of hydrogen-bond acceptors (Lipinski definition) is 4. The minimum absolute atomic E-state index is 0.0139. The number of rotatable bonds is 3. The van der Waals surface area contributed by atoms with Gasteiger partial charge in [-0.2, -0.15) is 5.10 Å². The quantitative estimate of drug-likeness (QED) is 0.936. The van der Waals surface area contributed by atoms with E-state index in [1.807, 2.05) is 42.2 Å². The third-order valence-electron chi connectivity index (χ3n) is 4.28. The second kappa shape index (κ2) is 6.28. The Morgan fingerprint density at radius 2 is 2.00 bits per heavy atom. The van der Waals surface area contributed by atoms with Crippen LogP contribution in [0.15, 0.2) is 30.3 Å². The standard InChI is InChI=1S/C18H24N4O2/c1-13-11-16(17(23)21-10-9-19-18(2,3)12-21)20-22(13)14-5-7-15(24-4)8-6-14/h5-8,11,19H,9-10,12H2,1-4H3. The molecular weight excluding hydrogens is 304 g/mol. The number of ether oxygens (including phenoxy) is 1. The van der Waals surface area contributed by atoms with Gasteiger partial charge in [-0.3, -0.25) is 4.79 Å². The number of carbonyl (C=O) groups is 1. The van der Waals surface area contributed by atoms with Crippen LogP contribution in [-0.4, -0.2) is 52.9 Å². The van der Waals surface area contributed by atoms with Crippen molar-refractivity contribution in [3.63, 3.8) is 0 Å². The van der Waals surface area contributed by atoms with Gasteiger partial charge in [0.25, 0.3) is 5.91 Å². The lowest BCUT2D eigenvalue weighted by molar-refractivity contribution is 0.0646. The van der Waals surface area contributed by atoms with Crippen LogP contribution >= 0.6 is 0 Å². The smallest absolute Gasteiger partial charge is 0.274 e. The lowest BCUT2D eigenvalue weighted by Gasteiger charge is -2.38. The molecule has 0 radical (unpaired) electrons. The van der Waals surface area contributed by atoms with Crippen LogP contribution < -0.4 is 10.1 Å². The van der Waals surface area contributed by atoms with E-state index in [1.54, 1.807) is 11.8 Å². The van der Waals surface area contributed by atoms with Crippen LogP contribution in [0.4, 0.5) is 0 Å². The van der Waals surface area contributed by atoms with Crippen molar-refractivity contribution in [2.24, 2.45) is 0 Å². The highest BCUT2D eigenvalue weighted by Gasteiger charge is 2.30. The molecule has 0 bridgehead atoms. The Labute approximate surface area is 142 Å². The largest absolute Gasteiger partial charge is 0.497 e. The summed E-state index contributed by atoms with van der Waals surface area (Å²) in [5.41, 5.74) is 2.26. The van der Waals surface area contributed by atoms with Crippen LogP contribution in [0, 0.1) is 6.92 Å². The minimum atomic E-state index is -0.0680. The zero-order chi connectivity index (χ0) is 17.3. The van der Waals surface area contributed by atoms with Crippen molar-refractivity contribution >= 4 is 5.91 Å². The maximum absolute atomic E-state index is 12.8. The molecular formula is C18H24N4O2. The van der Waals surface area contributed by atoms with E-state index in [2.05, 4.69) is 24.3 Å². The van der Waals surface area contributed by atoms with Crippen molar-refractivity contribution in [3.05, 3.63) is 41.7 Å². The average Bonchev–Trinajstić information content (AvgIpc) is 2.95. The van der Waals surface area contributed by atoms with E-state index < -0.39 is 0 Å². The van der Waals surface area contributed by atoms with Crippen molar-refractivity contribution in [1.82, 2.24) is 20.0 Å². The zero-order valence-electron chi connectivity index (χ0n) is 14.7. The van der Waals surface area contributed by atoms with Crippen molar-refractivity contribution in [1.29, 1.82) is 0 Å². The highest BCUT2D eigenvalue weighted by atomic mass is 16.5. The number of piperazine rings is 1. The van der Waals surface area contributed by atoms with Crippen LogP contribution in [0.2, 0.25) is 0 Å². The molecule has 1 fully saturated rings. The molecule has 1 N–H and O–H groups in total. The van der Waals surface area contributed by atoms with Crippen LogP contribution in [0.5, 0.6) is 5.75 Å². The van der Waals surface area contributed by atoms with Crippen LogP contribution in [0.3, 0.4) is 0 Å². The number of methoxy groups -OCH3 is 1. The number of nitrogens with zero attached hydrogens (tertiary/aromatic N) is 3. The number of carbonyl (C=O) groups excluding carboxylic acids is 1. The van der Waals surface area contributed by atoms with E-state index in [9.17, 15) is 4.79 Å². The van der Waals surface area contributed by atoms with Gasteiger partial charge in [0.2, 0.25) is 0 Å². The molecule has 2 aromatic rings. The lowest BCUT2D eigenvalue weighted by Crippen LogP contribution is -2.58. The number of benzene rings is 1. The fourth-order valence-electron chi connectivity index (χ4n) is 3.04. The molecule has 6 nitrogen and oxygen atoms in total. The maximum atomic E-state index is 12.8. The normalized spacial score (nSPS) is 16.9. The predicted molar refractivity (Wildman–Crippen MR) is 92.8 cm³/mol. The van der Waals surface area contributed by atoms with Gasteiger partial charge >= 0.3 is 0 Å². The van der Waals surface area contributed by atoms with Gasteiger partial charge in [-0.25, -0.2) is 4.68 Å². The molecule has 0 spiro atoms. The molecule has 6 heteroatoms. The number of hydrogen-bond donors (Lipinski definition) is 1. The molecule has 1 aromatic heterocycles. The zero-order valence-corrected chi connectivity index (χ0v) is 14.7. The predicted octanol–water partition coefficient (Wildman–Crippen LogP) is 2.01. The number of amides is 1. The molecule has 128 valence electrons. The van der Waals surface area contributed by atoms with E-state index in [0.717, 1.165) is 23.7 Å². The summed E-state index contributed by atoms with van der Waals surface area (Å²) in [4.78, 5) is 14.7. The van der Waals surface area contributed by atoms with E-state index in [4.69, 9.17) is 4.74 Å². The molecule has 0 aliphatic carbocycles. The highest BCUT2D eigenvalue weighted by Crippen LogP contribution is 2.18. The molecule has 1 aliphatic rings. The second-order valence-electron chi connectivity index (χ2n) is 6.82. The van der Waals surface area contributed by atoms with Crippen LogP contribution in [0.25, 0.3) is 5.69 Å². The second-order valence-corrected chi connectivity index (χ2v) is 6.82. The fourth-order valence-corrected chi connectivity index (χ4v) is 3.04. The first kappa shape index (κ1) is 16.5. The highest BCUT2D eigenvalue weighted by molar-refractivity contribution is 5.92. The summed E-state index contributed by atoms with van der Waals surface area (Å²) in [6, 6.07) is 9.48. The summed E-state index contributed by atoms with van der Waals surface area (Å²) >= 11 is 0. The van der Waals surface area contributed by atoms with Gasteiger partial charge in [-0.05, 0) is 51.1 Å². The number of aryl methyl sites for hydroxylation is 1. The van der Waals surface area contributed by atoms with Gasteiger partial charge < -0.3 is 15.0 Å². The molecule has 1 amide bonds. The maximum Gasteiger partial charge on any atom is 0.274 e. The minimum Gasteiger partial charge on any atom is -0.497 e. The molecule has 1 aliphatic heterocycles. The monoisotopic (exact) mass is 328 g/mol. The first-order valence-electron chi connectivity index (χ1n) is 8.15. The van der Waals surface area contributed by atoms with E-state index in [0.29, 0.717) is 18.8 Å². The average molecular weight is 328 g/mol. The molecule has 0 unspecified atom stereocenters. The van der Waals surface area contributed by atoms with Crippen molar-refractivity contribution in [2.75, 3.05) is 26.7 Å². The summed E-state index contributed by atoms with van der Waals surface area (Å²) in [6.45, 7) is 8.35. The topological polar surface area (TPSA) is 59.4 Å². The number of aromatic nitrogens is 2. The Balaban J connectivity index is 1.84. The summed E-state index contributed by atoms with van der Waals surface area (Å²) < 4.78 is 6.97. The molecule has 1 saturated heterocycles. The molecule has 1 aromatic carbocycles. The first-order valence-corrected chi connectivity index (χ1v) is 8.15. The molecule has 0 atom stereocenters. The Morgan fingerprint density at radius 3 is 2.62 bits per heavy atom.